The van der Waals surface area contributed by atoms with E-state index in [-0.39, 0.29) is 11.7 Å². The molecular formula is C15H22F2N2O. The smallest absolute Gasteiger partial charge is 0.163 e. The molecule has 0 amide bonds. The number of hydrogen-bond acceptors (Lipinski definition) is 3. The third kappa shape index (κ3) is 3.34. The molecule has 1 heterocycles. The molecule has 2 rings (SSSR count). The molecule has 112 valence electrons. The first-order valence-corrected chi connectivity index (χ1v) is 7.02. The largest absolute Gasteiger partial charge is 0.377 e. The van der Waals surface area contributed by atoms with Gasteiger partial charge in [0.2, 0.25) is 0 Å². The van der Waals surface area contributed by atoms with E-state index in [1.165, 1.54) is 6.07 Å². The van der Waals surface area contributed by atoms with E-state index in [1.807, 2.05) is 7.05 Å². The lowest BCUT2D eigenvalue weighted by atomic mass is 10.0. The van der Waals surface area contributed by atoms with Crippen molar-refractivity contribution in [2.75, 3.05) is 20.2 Å². The van der Waals surface area contributed by atoms with Gasteiger partial charge >= 0.3 is 0 Å². The van der Waals surface area contributed by atoms with Crippen molar-refractivity contribution in [1.29, 1.82) is 0 Å². The fraction of sp³-hybridized carbons (Fsp3) is 0.600. The summed E-state index contributed by atoms with van der Waals surface area (Å²) in [6, 6.07) is 4.02. The predicted molar refractivity (Wildman–Crippen MR) is 74.4 cm³/mol. The average Bonchev–Trinajstić information content (AvgIpc) is 2.85. The predicted octanol–water partition coefficient (Wildman–Crippen LogP) is 2.46. The van der Waals surface area contributed by atoms with E-state index in [4.69, 9.17) is 10.5 Å². The van der Waals surface area contributed by atoms with Gasteiger partial charge in [0, 0.05) is 30.8 Å². The zero-order valence-electron chi connectivity index (χ0n) is 12.0. The second-order valence-corrected chi connectivity index (χ2v) is 5.45. The molecule has 3 atom stereocenters. The molecule has 1 aromatic rings. The van der Waals surface area contributed by atoms with Crippen LogP contribution >= 0.6 is 0 Å². The van der Waals surface area contributed by atoms with Crippen molar-refractivity contribution >= 4 is 0 Å². The zero-order chi connectivity index (χ0) is 14.7. The molecule has 1 saturated heterocycles. The highest BCUT2D eigenvalue weighted by Crippen LogP contribution is 2.22. The minimum Gasteiger partial charge on any atom is -0.377 e. The van der Waals surface area contributed by atoms with E-state index >= 15 is 0 Å². The second-order valence-electron chi connectivity index (χ2n) is 5.45. The Kier molecular flexibility index (Phi) is 5.07. The van der Waals surface area contributed by atoms with Crippen molar-refractivity contribution in [2.45, 2.75) is 38.0 Å². The normalized spacial score (nSPS) is 24.3. The number of nitrogens with zero attached hydrogens (tertiary/aromatic N) is 1. The van der Waals surface area contributed by atoms with E-state index in [2.05, 4.69) is 11.8 Å². The Morgan fingerprint density at radius 2 is 2.20 bits per heavy atom. The summed E-state index contributed by atoms with van der Waals surface area (Å²) in [5.41, 5.74) is 6.23. The summed E-state index contributed by atoms with van der Waals surface area (Å²) in [5, 5.41) is 0. The number of benzene rings is 1. The molecule has 0 bridgehead atoms. The fourth-order valence-electron chi connectivity index (χ4n) is 2.77. The van der Waals surface area contributed by atoms with Crippen molar-refractivity contribution in [2.24, 2.45) is 5.73 Å². The summed E-state index contributed by atoms with van der Waals surface area (Å²) < 4.78 is 32.4. The van der Waals surface area contributed by atoms with Crippen LogP contribution in [0.1, 0.15) is 31.4 Å². The maximum Gasteiger partial charge on any atom is 0.163 e. The topological polar surface area (TPSA) is 38.5 Å². The van der Waals surface area contributed by atoms with Gasteiger partial charge in [0.05, 0.1) is 6.10 Å². The van der Waals surface area contributed by atoms with Gasteiger partial charge in [-0.05, 0) is 32.9 Å². The van der Waals surface area contributed by atoms with Gasteiger partial charge in [-0.25, -0.2) is 8.78 Å². The van der Waals surface area contributed by atoms with Gasteiger partial charge in [-0.15, -0.1) is 0 Å². The third-order valence-electron chi connectivity index (χ3n) is 4.08. The molecule has 3 unspecified atom stereocenters. The molecule has 2 N–H and O–H groups in total. The Labute approximate surface area is 118 Å². The second kappa shape index (κ2) is 6.61. The van der Waals surface area contributed by atoms with Crippen molar-refractivity contribution < 1.29 is 13.5 Å². The summed E-state index contributed by atoms with van der Waals surface area (Å²) in [4.78, 5) is 2.19. The SMILES string of the molecule is CC1OCCC1N(C)CCC(N)c1cccc(F)c1F. The van der Waals surface area contributed by atoms with Crippen LogP contribution < -0.4 is 5.73 Å². The first kappa shape index (κ1) is 15.4. The van der Waals surface area contributed by atoms with Crippen LogP contribution in [0.3, 0.4) is 0 Å². The quantitative estimate of drug-likeness (QED) is 0.902. The first-order chi connectivity index (χ1) is 9.50. The molecule has 1 aliphatic heterocycles. The van der Waals surface area contributed by atoms with Crippen molar-refractivity contribution in [3.05, 3.63) is 35.4 Å². The molecule has 0 radical (unpaired) electrons. The number of nitrogens with two attached hydrogens (primary N) is 1. The van der Waals surface area contributed by atoms with Crippen LogP contribution in [0.25, 0.3) is 0 Å². The maximum atomic E-state index is 13.7. The number of halogens is 2. The molecule has 3 nitrogen and oxygen atoms in total. The number of ether oxygens (including phenoxy) is 1. The van der Waals surface area contributed by atoms with Gasteiger partial charge in [-0.2, -0.15) is 0 Å². The van der Waals surface area contributed by atoms with Gasteiger partial charge in [-0.1, -0.05) is 12.1 Å². The molecular weight excluding hydrogens is 262 g/mol. The third-order valence-corrected chi connectivity index (χ3v) is 4.08. The van der Waals surface area contributed by atoms with Crippen LogP contribution in [0, 0.1) is 11.6 Å². The van der Waals surface area contributed by atoms with Crippen LogP contribution in [0.4, 0.5) is 8.78 Å². The van der Waals surface area contributed by atoms with Gasteiger partial charge in [-0.3, -0.25) is 0 Å². The Morgan fingerprint density at radius 1 is 1.45 bits per heavy atom. The van der Waals surface area contributed by atoms with Crippen LogP contribution in [-0.2, 0) is 4.74 Å². The standard InChI is InChI=1S/C15H22F2N2O/c1-10-14(7-9-20-10)19(2)8-6-13(18)11-4-3-5-12(16)15(11)17/h3-5,10,13-14H,6-9,18H2,1-2H3. The van der Waals surface area contributed by atoms with Crippen LogP contribution in [0.15, 0.2) is 18.2 Å². The summed E-state index contributed by atoms with van der Waals surface area (Å²) in [6.45, 7) is 3.57. The number of rotatable bonds is 5. The molecule has 1 fully saturated rings. The van der Waals surface area contributed by atoms with Crippen molar-refractivity contribution in [3.63, 3.8) is 0 Å². The van der Waals surface area contributed by atoms with E-state index < -0.39 is 17.7 Å². The van der Waals surface area contributed by atoms with Gasteiger partial charge < -0.3 is 15.4 Å². The highest BCUT2D eigenvalue weighted by molar-refractivity contribution is 5.22. The van der Waals surface area contributed by atoms with E-state index in [0.29, 0.717) is 12.5 Å². The molecule has 0 saturated carbocycles. The molecule has 1 aromatic carbocycles. The van der Waals surface area contributed by atoms with E-state index in [0.717, 1.165) is 25.6 Å². The fourth-order valence-corrected chi connectivity index (χ4v) is 2.77. The van der Waals surface area contributed by atoms with Crippen molar-refractivity contribution in [1.82, 2.24) is 4.90 Å². The molecule has 20 heavy (non-hydrogen) atoms. The number of hydrogen-bond donors (Lipinski definition) is 1. The summed E-state index contributed by atoms with van der Waals surface area (Å²) >= 11 is 0. The Bertz CT molecular complexity index is 455. The van der Waals surface area contributed by atoms with Crippen LogP contribution in [0.2, 0.25) is 0 Å². The van der Waals surface area contributed by atoms with E-state index in [1.54, 1.807) is 6.07 Å². The maximum absolute atomic E-state index is 13.7. The van der Waals surface area contributed by atoms with Gasteiger partial charge in [0.25, 0.3) is 0 Å². The molecule has 0 aliphatic carbocycles. The lowest BCUT2D eigenvalue weighted by Gasteiger charge is -2.27. The zero-order valence-corrected chi connectivity index (χ0v) is 12.0. The molecule has 0 aromatic heterocycles. The summed E-state index contributed by atoms with van der Waals surface area (Å²) in [7, 11) is 2.02. The van der Waals surface area contributed by atoms with Gasteiger partial charge in [0.1, 0.15) is 0 Å². The van der Waals surface area contributed by atoms with Gasteiger partial charge in [0.15, 0.2) is 11.6 Å². The van der Waals surface area contributed by atoms with Crippen molar-refractivity contribution in [3.8, 4) is 0 Å². The first-order valence-electron chi connectivity index (χ1n) is 7.02. The molecule has 1 aliphatic rings. The van der Waals surface area contributed by atoms with Crippen LogP contribution in [0.5, 0.6) is 0 Å². The minimum absolute atomic E-state index is 0.210. The lowest BCUT2D eigenvalue weighted by Crippen LogP contribution is -2.38. The Morgan fingerprint density at radius 3 is 2.85 bits per heavy atom. The number of likely N-dealkylation sites (N-methyl/N-ethyl adjacent to an activating group) is 1. The highest BCUT2D eigenvalue weighted by atomic mass is 19.2. The minimum atomic E-state index is -0.843. The lowest BCUT2D eigenvalue weighted by molar-refractivity contribution is 0.0827. The average molecular weight is 284 g/mol. The molecule has 0 spiro atoms. The summed E-state index contributed by atoms with van der Waals surface area (Å²) in [6.07, 6.45) is 1.79. The summed E-state index contributed by atoms with van der Waals surface area (Å²) in [5.74, 6) is -1.68. The Hall–Kier alpha value is -1.04. The van der Waals surface area contributed by atoms with E-state index in [9.17, 15) is 8.78 Å². The molecule has 5 heteroatoms. The highest BCUT2D eigenvalue weighted by Gasteiger charge is 2.28. The van der Waals surface area contributed by atoms with Crippen LogP contribution in [-0.4, -0.2) is 37.2 Å². The Balaban J connectivity index is 1.91. The monoisotopic (exact) mass is 284 g/mol.